The quantitative estimate of drug-likeness (QED) is 0.702. The minimum absolute atomic E-state index is 0.0632. The van der Waals surface area contributed by atoms with Gasteiger partial charge in [0.05, 0.1) is 31.2 Å². The first-order valence-corrected chi connectivity index (χ1v) is 9.46. The molecule has 0 aliphatic carbocycles. The number of hydrogen-bond acceptors (Lipinski definition) is 4. The highest BCUT2D eigenvalue weighted by molar-refractivity contribution is 9.10. The second-order valence-corrected chi connectivity index (χ2v) is 7.87. The largest absolute Gasteiger partial charge is 0.465 e. The summed E-state index contributed by atoms with van der Waals surface area (Å²) in [7, 11) is -2.42. The van der Waals surface area contributed by atoms with Gasteiger partial charge in [-0.25, -0.2) is 17.6 Å². The molecule has 2 aromatic carbocycles. The van der Waals surface area contributed by atoms with Crippen LogP contribution in [0.4, 0.5) is 10.1 Å². The van der Waals surface area contributed by atoms with Crippen molar-refractivity contribution >= 4 is 37.6 Å². The number of carbonyl (C=O) groups excluding carboxylic acids is 1. The molecule has 0 spiro atoms. The van der Waals surface area contributed by atoms with Gasteiger partial charge >= 0.3 is 5.97 Å². The van der Waals surface area contributed by atoms with E-state index in [1.54, 1.807) is 24.3 Å². The van der Waals surface area contributed by atoms with Crippen molar-refractivity contribution in [2.24, 2.45) is 0 Å². The molecule has 8 heteroatoms. The number of methoxy groups -OCH3 is 1. The fraction of sp³-hybridized carbons (Fsp3) is 0.188. The van der Waals surface area contributed by atoms with Gasteiger partial charge in [0.15, 0.2) is 0 Å². The van der Waals surface area contributed by atoms with Crippen LogP contribution < -0.4 is 4.31 Å². The van der Waals surface area contributed by atoms with E-state index in [4.69, 9.17) is 0 Å². The van der Waals surface area contributed by atoms with Gasteiger partial charge in [-0.2, -0.15) is 0 Å². The number of ether oxygens (including phenoxy) is 1. The Hall–Kier alpha value is -1.93. The highest BCUT2D eigenvalue weighted by atomic mass is 79.9. The fourth-order valence-corrected chi connectivity index (χ4v) is 3.23. The highest BCUT2D eigenvalue weighted by Crippen LogP contribution is 2.24. The molecular formula is C16H15BrFNO4S. The summed E-state index contributed by atoms with van der Waals surface area (Å²) in [6, 6.07) is 10.4. The van der Waals surface area contributed by atoms with Gasteiger partial charge in [-0.15, -0.1) is 0 Å². The minimum atomic E-state index is -3.62. The lowest BCUT2D eigenvalue weighted by molar-refractivity contribution is 0.0600. The molecular weight excluding hydrogens is 401 g/mol. The standard InChI is InChI=1S/C16H15BrFNO4S/c1-23-16(20)11-3-4-12(15(18)9-11)10-19(24(2,21)22)14-7-5-13(17)6-8-14/h3-9H,10H2,1-2H3. The Morgan fingerprint density at radius 1 is 1.21 bits per heavy atom. The first-order valence-electron chi connectivity index (χ1n) is 6.82. The summed E-state index contributed by atoms with van der Waals surface area (Å²) in [4.78, 5) is 11.4. The van der Waals surface area contributed by atoms with Crippen LogP contribution in [0, 0.1) is 5.82 Å². The van der Waals surface area contributed by atoms with E-state index in [1.165, 1.54) is 19.2 Å². The van der Waals surface area contributed by atoms with Crippen molar-refractivity contribution in [2.45, 2.75) is 6.54 Å². The van der Waals surface area contributed by atoms with Crippen molar-refractivity contribution in [3.63, 3.8) is 0 Å². The Labute approximate surface area is 148 Å². The lowest BCUT2D eigenvalue weighted by atomic mass is 10.1. The van der Waals surface area contributed by atoms with Crippen LogP contribution >= 0.6 is 15.9 Å². The molecule has 0 saturated carbocycles. The van der Waals surface area contributed by atoms with Crippen molar-refractivity contribution < 1.29 is 22.3 Å². The number of benzene rings is 2. The highest BCUT2D eigenvalue weighted by Gasteiger charge is 2.20. The van der Waals surface area contributed by atoms with Crippen molar-refractivity contribution in [2.75, 3.05) is 17.7 Å². The van der Waals surface area contributed by atoms with Crippen molar-refractivity contribution in [3.8, 4) is 0 Å². The van der Waals surface area contributed by atoms with E-state index in [0.29, 0.717) is 5.69 Å². The topological polar surface area (TPSA) is 63.7 Å². The molecule has 0 N–H and O–H groups in total. The summed E-state index contributed by atoms with van der Waals surface area (Å²) in [6.45, 7) is -0.187. The van der Waals surface area contributed by atoms with Gasteiger partial charge in [0, 0.05) is 10.0 Å². The molecule has 0 aromatic heterocycles. The Morgan fingerprint density at radius 3 is 2.33 bits per heavy atom. The van der Waals surface area contributed by atoms with E-state index in [9.17, 15) is 17.6 Å². The van der Waals surface area contributed by atoms with Crippen LogP contribution in [0.5, 0.6) is 0 Å². The Morgan fingerprint density at radius 2 is 1.83 bits per heavy atom. The summed E-state index contributed by atoms with van der Waals surface area (Å²) in [5, 5.41) is 0. The number of rotatable bonds is 5. The van der Waals surface area contributed by atoms with E-state index in [-0.39, 0.29) is 17.7 Å². The minimum Gasteiger partial charge on any atom is -0.465 e. The summed E-state index contributed by atoms with van der Waals surface area (Å²) in [5.41, 5.74) is 0.626. The molecule has 0 unspecified atom stereocenters. The molecule has 2 aromatic rings. The van der Waals surface area contributed by atoms with Gasteiger partial charge < -0.3 is 4.74 Å². The molecule has 0 aliphatic rings. The lowest BCUT2D eigenvalue weighted by Gasteiger charge is -2.23. The first kappa shape index (κ1) is 18.4. The number of nitrogens with zero attached hydrogens (tertiary/aromatic N) is 1. The van der Waals surface area contributed by atoms with Crippen LogP contribution in [0.1, 0.15) is 15.9 Å². The molecule has 0 aliphatic heterocycles. The van der Waals surface area contributed by atoms with Crippen molar-refractivity contribution in [1.82, 2.24) is 0 Å². The maximum absolute atomic E-state index is 14.2. The van der Waals surface area contributed by atoms with Crippen LogP contribution in [0.3, 0.4) is 0 Å². The van der Waals surface area contributed by atoms with E-state index in [2.05, 4.69) is 20.7 Å². The van der Waals surface area contributed by atoms with E-state index >= 15 is 0 Å². The summed E-state index contributed by atoms with van der Waals surface area (Å²) < 4.78 is 44.8. The monoisotopic (exact) mass is 415 g/mol. The molecule has 0 fully saturated rings. The third-order valence-electron chi connectivity index (χ3n) is 3.30. The number of halogens is 2. The van der Waals surface area contributed by atoms with Crippen LogP contribution in [0.2, 0.25) is 0 Å². The van der Waals surface area contributed by atoms with Crippen LogP contribution in [-0.4, -0.2) is 27.8 Å². The summed E-state index contributed by atoms with van der Waals surface area (Å²) >= 11 is 3.28. The molecule has 0 saturated heterocycles. The van der Waals surface area contributed by atoms with Crippen LogP contribution in [-0.2, 0) is 21.3 Å². The molecule has 24 heavy (non-hydrogen) atoms. The average Bonchev–Trinajstić information content (AvgIpc) is 2.53. The number of sulfonamides is 1. The molecule has 0 heterocycles. The Bertz CT molecular complexity index is 853. The Balaban J connectivity index is 2.37. The molecule has 2 rings (SSSR count). The van der Waals surface area contributed by atoms with Crippen molar-refractivity contribution in [1.29, 1.82) is 0 Å². The van der Waals surface area contributed by atoms with E-state index < -0.39 is 21.8 Å². The second kappa shape index (κ2) is 7.31. The number of anilines is 1. The third kappa shape index (κ3) is 4.33. The molecule has 5 nitrogen and oxygen atoms in total. The lowest BCUT2D eigenvalue weighted by Crippen LogP contribution is -2.29. The van der Waals surface area contributed by atoms with E-state index in [0.717, 1.165) is 21.1 Å². The first-order chi connectivity index (χ1) is 11.2. The summed E-state index contributed by atoms with van der Waals surface area (Å²) in [5.74, 6) is -1.34. The molecule has 0 bridgehead atoms. The average molecular weight is 416 g/mol. The predicted molar refractivity (Wildman–Crippen MR) is 92.9 cm³/mol. The van der Waals surface area contributed by atoms with Gasteiger partial charge in [-0.3, -0.25) is 4.31 Å². The van der Waals surface area contributed by atoms with Gasteiger partial charge in [0.1, 0.15) is 5.82 Å². The van der Waals surface area contributed by atoms with Gasteiger partial charge in [-0.1, -0.05) is 22.0 Å². The third-order valence-corrected chi connectivity index (χ3v) is 4.97. The normalized spacial score (nSPS) is 11.2. The smallest absolute Gasteiger partial charge is 0.337 e. The van der Waals surface area contributed by atoms with Gasteiger partial charge in [0.25, 0.3) is 0 Å². The summed E-state index contributed by atoms with van der Waals surface area (Å²) in [6.07, 6.45) is 1.05. The second-order valence-electron chi connectivity index (χ2n) is 5.04. The SMILES string of the molecule is COC(=O)c1ccc(CN(c2ccc(Br)cc2)S(C)(=O)=O)c(F)c1. The zero-order valence-corrected chi connectivity index (χ0v) is 15.4. The fourth-order valence-electron chi connectivity index (χ4n) is 2.08. The molecule has 128 valence electrons. The molecule has 0 radical (unpaired) electrons. The maximum Gasteiger partial charge on any atom is 0.337 e. The van der Waals surface area contributed by atoms with Crippen LogP contribution in [0.15, 0.2) is 46.9 Å². The van der Waals surface area contributed by atoms with Gasteiger partial charge in [-0.05, 0) is 36.4 Å². The van der Waals surface area contributed by atoms with Crippen LogP contribution in [0.25, 0.3) is 0 Å². The molecule has 0 atom stereocenters. The van der Waals surface area contributed by atoms with E-state index in [1.807, 2.05) is 0 Å². The molecule has 0 amide bonds. The van der Waals surface area contributed by atoms with Crippen molar-refractivity contribution in [3.05, 3.63) is 63.9 Å². The Kier molecular flexibility index (Phi) is 5.61. The number of esters is 1. The number of hydrogen-bond donors (Lipinski definition) is 0. The predicted octanol–water partition coefficient (Wildman–Crippen LogP) is 3.34. The zero-order chi connectivity index (χ0) is 17.9. The number of carbonyl (C=O) groups is 1. The maximum atomic E-state index is 14.2. The van der Waals surface area contributed by atoms with Gasteiger partial charge in [0.2, 0.25) is 10.0 Å². The zero-order valence-electron chi connectivity index (χ0n) is 13.0.